The Bertz CT molecular complexity index is 741. The van der Waals surface area contributed by atoms with E-state index in [0.717, 1.165) is 16.8 Å². The number of nitrogens with zero attached hydrogens (tertiary/aromatic N) is 2. The lowest BCUT2D eigenvalue weighted by Crippen LogP contribution is -2.27. The van der Waals surface area contributed by atoms with Gasteiger partial charge in [-0.2, -0.15) is 0 Å². The highest BCUT2D eigenvalue weighted by molar-refractivity contribution is 8.27. The topological polar surface area (TPSA) is 33.2 Å². The van der Waals surface area contributed by atoms with Crippen LogP contribution < -0.4 is 4.90 Å². The van der Waals surface area contributed by atoms with E-state index in [4.69, 9.17) is 12.2 Å². The molecule has 1 aromatic carbocycles. The number of carbonyl (C=O) groups is 1. The molecule has 0 unspecified atom stereocenters. The summed E-state index contributed by atoms with van der Waals surface area (Å²) in [5.41, 5.74) is 2.85. The summed E-state index contributed by atoms with van der Waals surface area (Å²) in [6.07, 6.45) is 5.25. The molecule has 0 atom stereocenters. The molecule has 104 valence electrons. The number of thioether (sulfide) groups is 1. The molecule has 1 aromatic heterocycles. The fourth-order valence-electron chi connectivity index (χ4n) is 2.07. The molecular formula is C16H12N2OS2. The molecule has 5 heteroatoms. The van der Waals surface area contributed by atoms with E-state index in [1.54, 1.807) is 17.3 Å². The van der Waals surface area contributed by atoms with E-state index in [1.807, 2.05) is 49.4 Å². The molecule has 0 spiro atoms. The lowest BCUT2D eigenvalue weighted by atomic mass is 10.2. The number of amides is 1. The fraction of sp³-hybridized carbons (Fsp3) is 0.0625. The molecule has 1 aliphatic heterocycles. The monoisotopic (exact) mass is 312 g/mol. The van der Waals surface area contributed by atoms with Crippen LogP contribution in [0.4, 0.5) is 5.69 Å². The molecule has 1 amide bonds. The molecular weight excluding hydrogens is 300 g/mol. The maximum absolute atomic E-state index is 12.6. The van der Waals surface area contributed by atoms with Gasteiger partial charge in [0.2, 0.25) is 0 Å². The number of pyridine rings is 1. The van der Waals surface area contributed by atoms with Crippen LogP contribution in [0.1, 0.15) is 11.1 Å². The maximum Gasteiger partial charge on any atom is 0.270 e. The predicted octanol–water partition coefficient (Wildman–Crippen LogP) is 3.80. The Morgan fingerprint density at radius 3 is 2.71 bits per heavy atom. The van der Waals surface area contributed by atoms with Gasteiger partial charge in [0.15, 0.2) is 4.32 Å². The molecule has 0 saturated carbocycles. The highest BCUT2D eigenvalue weighted by atomic mass is 32.2. The molecule has 1 saturated heterocycles. The van der Waals surface area contributed by atoms with Gasteiger partial charge >= 0.3 is 0 Å². The molecule has 21 heavy (non-hydrogen) atoms. The van der Waals surface area contributed by atoms with Gasteiger partial charge in [-0.05, 0) is 48.4 Å². The zero-order valence-electron chi connectivity index (χ0n) is 11.3. The van der Waals surface area contributed by atoms with Crippen molar-refractivity contribution in [1.29, 1.82) is 0 Å². The molecule has 2 heterocycles. The summed E-state index contributed by atoms with van der Waals surface area (Å²) >= 11 is 6.68. The first-order valence-corrected chi connectivity index (χ1v) is 7.62. The standard InChI is InChI=1S/C16H12N2OS2/c1-11-3-2-4-13(9-11)18-15(19)14(21-16(18)20)10-12-5-7-17-8-6-12/h2-10H,1H3/b14-10+. The van der Waals surface area contributed by atoms with Gasteiger partial charge in [0, 0.05) is 12.4 Å². The maximum atomic E-state index is 12.6. The third-order valence-corrected chi connectivity index (χ3v) is 4.36. The molecule has 3 nitrogen and oxygen atoms in total. The second kappa shape index (κ2) is 5.79. The summed E-state index contributed by atoms with van der Waals surface area (Å²) in [6, 6.07) is 11.5. The molecule has 0 radical (unpaired) electrons. The van der Waals surface area contributed by atoms with E-state index in [-0.39, 0.29) is 5.91 Å². The minimum atomic E-state index is -0.0765. The van der Waals surface area contributed by atoms with Gasteiger partial charge < -0.3 is 0 Å². The number of rotatable bonds is 2. The zero-order chi connectivity index (χ0) is 14.8. The van der Waals surface area contributed by atoms with E-state index < -0.39 is 0 Å². The molecule has 1 fully saturated rings. The highest BCUT2D eigenvalue weighted by Gasteiger charge is 2.33. The van der Waals surface area contributed by atoms with Gasteiger partial charge in [-0.3, -0.25) is 14.7 Å². The number of aromatic nitrogens is 1. The summed E-state index contributed by atoms with van der Waals surface area (Å²) in [4.78, 5) is 18.8. The van der Waals surface area contributed by atoms with Crippen LogP contribution in [0.15, 0.2) is 53.7 Å². The summed E-state index contributed by atoms with van der Waals surface area (Å²) in [7, 11) is 0. The van der Waals surface area contributed by atoms with Crippen LogP contribution in [0.25, 0.3) is 6.08 Å². The van der Waals surface area contributed by atoms with Crippen LogP contribution in [0, 0.1) is 6.92 Å². The van der Waals surface area contributed by atoms with Gasteiger partial charge in [-0.25, -0.2) is 0 Å². The third kappa shape index (κ3) is 2.89. The first-order chi connectivity index (χ1) is 10.1. The van der Waals surface area contributed by atoms with Crippen LogP contribution in [0.3, 0.4) is 0 Å². The Hall–Kier alpha value is -1.98. The van der Waals surface area contributed by atoms with Crippen molar-refractivity contribution in [2.24, 2.45) is 0 Å². The van der Waals surface area contributed by atoms with Crippen molar-refractivity contribution in [1.82, 2.24) is 4.98 Å². The Balaban J connectivity index is 1.94. The fourth-order valence-corrected chi connectivity index (χ4v) is 3.37. The van der Waals surface area contributed by atoms with Gasteiger partial charge in [0.05, 0.1) is 10.6 Å². The summed E-state index contributed by atoms with van der Waals surface area (Å²) in [6.45, 7) is 1.99. The number of benzene rings is 1. The molecule has 0 N–H and O–H groups in total. The average Bonchev–Trinajstić information content (AvgIpc) is 2.74. The normalized spacial score (nSPS) is 16.8. The Labute approximate surface area is 132 Å². The smallest absolute Gasteiger partial charge is 0.268 e. The Morgan fingerprint density at radius 2 is 2.00 bits per heavy atom. The minimum Gasteiger partial charge on any atom is -0.268 e. The van der Waals surface area contributed by atoms with E-state index in [9.17, 15) is 4.79 Å². The second-order valence-corrected chi connectivity index (χ2v) is 6.31. The van der Waals surface area contributed by atoms with Gasteiger partial charge in [-0.15, -0.1) is 0 Å². The number of carbonyl (C=O) groups excluding carboxylic acids is 1. The lowest BCUT2D eigenvalue weighted by molar-refractivity contribution is -0.113. The first kappa shape index (κ1) is 14.0. The number of hydrogen-bond donors (Lipinski definition) is 0. The van der Waals surface area contributed by atoms with Crippen molar-refractivity contribution in [3.63, 3.8) is 0 Å². The molecule has 0 bridgehead atoms. The molecule has 2 aromatic rings. The number of anilines is 1. The molecule has 3 rings (SSSR count). The summed E-state index contributed by atoms with van der Waals surface area (Å²) in [5, 5.41) is 0. The van der Waals surface area contributed by atoms with Gasteiger partial charge in [0.1, 0.15) is 0 Å². The first-order valence-electron chi connectivity index (χ1n) is 6.40. The Morgan fingerprint density at radius 1 is 1.24 bits per heavy atom. The van der Waals surface area contributed by atoms with Crippen LogP contribution in [-0.2, 0) is 4.79 Å². The van der Waals surface area contributed by atoms with Crippen molar-refractivity contribution >= 4 is 46.0 Å². The summed E-state index contributed by atoms with van der Waals surface area (Å²) < 4.78 is 0.561. The minimum absolute atomic E-state index is 0.0765. The van der Waals surface area contributed by atoms with Gasteiger partial charge in [0.25, 0.3) is 5.91 Å². The van der Waals surface area contributed by atoms with E-state index >= 15 is 0 Å². The van der Waals surface area contributed by atoms with E-state index in [0.29, 0.717) is 9.23 Å². The van der Waals surface area contributed by atoms with Crippen molar-refractivity contribution in [2.75, 3.05) is 4.90 Å². The van der Waals surface area contributed by atoms with E-state index in [1.165, 1.54) is 11.8 Å². The van der Waals surface area contributed by atoms with Crippen molar-refractivity contribution in [3.8, 4) is 0 Å². The summed E-state index contributed by atoms with van der Waals surface area (Å²) in [5.74, 6) is -0.0765. The average molecular weight is 312 g/mol. The Kier molecular flexibility index (Phi) is 3.86. The number of hydrogen-bond acceptors (Lipinski definition) is 4. The number of aryl methyl sites for hydroxylation is 1. The predicted molar refractivity (Wildman–Crippen MR) is 91.1 cm³/mol. The third-order valence-electron chi connectivity index (χ3n) is 3.06. The van der Waals surface area contributed by atoms with Crippen LogP contribution in [0.2, 0.25) is 0 Å². The lowest BCUT2D eigenvalue weighted by Gasteiger charge is -2.14. The second-order valence-electron chi connectivity index (χ2n) is 4.64. The van der Waals surface area contributed by atoms with Crippen LogP contribution in [-0.4, -0.2) is 15.2 Å². The SMILES string of the molecule is Cc1cccc(N2C(=O)/C(=C\c3ccncc3)SC2=S)c1. The van der Waals surface area contributed by atoms with E-state index in [2.05, 4.69) is 4.98 Å². The molecule has 1 aliphatic rings. The molecule has 0 aliphatic carbocycles. The highest BCUT2D eigenvalue weighted by Crippen LogP contribution is 2.36. The van der Waals surface area contributed by atoms with Crippen LogP contribution >= 0.6 is 24.0 Å². The van der Waals surface area contributed by atoms with Crippen molar-refractivity contribution in [2.45, 2.75) is 6.92 Å². The largest absolute Gasteiger partial charge is 0.270 e. The van der Waals surface area contributed by atoms with Crippen molar-refractivity contribution in [3.05, 3.63) is 64.8 Å². The van der Waals surface area contributed by atoms with Gasteiger partial charge in [-0.1, -0.05) is 36.1 Å². The van der Waals surface area contributed by atoms with Crippen LogP contribution in [0.5, 0.6) is 0 Å². The quantitative estimate of drug-likeness (QED) is 0.624. The zero-order valence-corrected chi connectivity index (χ0v) is 12.9. The van der Waals surface area contributed by atoms with Crippen molar-refractivity contribution < 1.29 is 4.79 Å². The number of thiocarbonyl (C=S) groups is 1.